The fourth-order valence-corrected chi connectivity index (χ4v) is 5.06. The number of aliphatic hydroxyl groups is 1. The maximum Gasteiger partial charge on any atom is 0.416 e. The van der Waals surface area contributed by atoms with E-state index in [0.29, 0.717) is 28.6 Å². The van der Waals surface area contributed by atoms with Gasteiger partial charge in [-0.2, -0.15) is 13.2 Å². The second kappa shape index (κ2) is 6.97. The molecule has 158 valence electrons. The number of rotatable bonds is 3. The van der Waals surface area contributed by atoms with Crippen LogP contribution in [-0.2, 0) is 6.18 Å². The summed E-state index contributed by atoms with van der Waals surface area (Å²) in [4.78, 5) is 4.30. The Morgan fingerprint density at radius 3 is 2.83 bits per heavy atom. The van der Waals surface area contributed by atoms with Crippen LogP contribution in [0.5, 0.6) is 0 Å². The maximum atomic E-state index is 13.1. The highest BCUT2D eigenvalue weighted by Gasteiger charge is 2.43. The van der Waals surface area contributed by atoms with Crippen molar-refractivity contribution in [1.29, 1.82) is 0 Å². The van der Waals surface area contributed by atoms with Crippen LogP contribution < -0.4 is 5.32 Å². The molecule has 2 N–H and O–H groups in total. The summed E-state index contributed by atoms with van der Waals surface area (Å²) in [5.41, 5.74) is 0.722. The van der Waals surface area contributed by atoms with Crippen LogP contribution >= 0.6 is 0 Å². The van der Waals surface area contributed by atoms with E-state index >= 15 is 0 Å². The number of alkyl halides is 3. The van der Waals surface area contributed by atoms with E-state index in [1.165, 1.54) is 6.07 Å². The Morgan fingerprint density at radius 2 is 2.00 bits per heavy atom. The van der Waals surface area contributed by atoms with Gasteiger partial charge in [0.15, 0.2) is 5.65 Å². The van der Waals surface area contributed by atoms with Crippen molar-refractivity contribution in [1.82, 2.24) is 14.6 Å². The molecule has 0 aliphatic heterocycles. The summed E-state index contributed by atoms with van der Waals surface area (Å²) in [6.07, 6.45) is 2.65. The van der Waals surface area contributed by atoms with Crippen molar-refractivity contribution < 1.29 is 18.3 Å². The number of nitrogens with zero attached hydrogens (tertiary/aromatic N) is 3. The lowest BCUT2D eigenvalue weighted by atomic mass is 9.66. The number of halogens is 3. The standard InChI is InChI=1S/C22H23F3N4O/c23-22(24,25)16-5-1-3-14(11-16)17-13-26-20-7-6-19(28-29(17)20)27-21-9-2-4-15(12-21)18(30)8-10-21/h1,3,5-7,11,13,15,18,30H,2,4,8-10,12H2,(H,27,28). The third kappa shape index (κ3) is 3.43. The zero-order valence-electron chi connectivity index (χ0n) is 16.4. The second-order valence-electron chi connectivity index (χ2n) is 8.58. The molecule has 3 unspecified atom stereocenters. The molecule has 2 aromatic heterocycles. The molecule has 8 heteroatoms. The van der Waals surface area contributed by atoms with Crippen molar-refractivity contribution in [2.24, 2.45) is 5.92 Å². The zero-order valence-corrected chi connectivity index (χ0v) is 16.4. The van der Waals surface area contributed by atoms with Gasteiger partial charge in [-0.25, -0.2) is 9.50 Å². The van der Waals surface area contributed by atoms with Gasteiger partial charge in [0.1, 0.15) is 5.82 Å². The van der Waals surface area contributed by atoms with Gasteiger partial charge in [-0.1, -0.05) is 18.6 Å². The van der Waals surface area contributed by atoms with E-state index < -0.39 is 11.7 Å². The van der Waals surface area contributed by atoms with Crippen LogP contribution in [0.15, 0.2) is 42.6 Å². The first-order valence-corrected chi connectivity index (χ1v) is 10.3. The molecule has 1 aromatic carbocycles. The monoisotopic (exact) mass is 416 g/mol. The lowest BCUT2D eigenvalue weighted by Crippen LogP contribution is -2.50. The minimum Gasteiger partial charge on any atom is -0.393 e. The van der Waals surface area contributed by atoms with Gasteiger partial charge >= 0.3 is 6.18 Å². The molecule has 0 saturated heterocycles. The number of hydrogen-bond donors (Lipinski definition) is 2. The molecule has 5 rings (SSSR count). The molecule has 2 heterocycles. The fraction of sp³-hybridized carbons (Fsp3) is 0.455. The Kier molecular flexibility index (Phi) is 4.50. The Hall–Kier alpha value is -2.61. The van der Waals surface area contributed by atoms with Gasteiger partial charge < -0.3 is 10.4 Å². The lowest BCUT2D eigenvalue weighted by molar-refractivity contribution is -0.137. The van der Waals surface area contributed by atoms with Gasteiger partial charge in [-0.3, -0.25) is 0 Å². The van der Waals surface area contributed by atoms with Crippen molar-refractivity contribution >= 4 is 11.5 Å². The first-order valence-electron chi connectivity index (χ1n) is 10.3. The third-order valence-electron chi connectivity index (χ3n) is 6.59. The first-order chi connectivity index (χ1) is 14.3. The molecule has 2 bridgehead atoms. The van der Waals surface area contributed by atoms with Gasteiger partial charge in [-0.15, -0.1) is 5.10 Å². The SMILES string of the molecule is OC1CCC2(Nc3ccc4ncc(-c5cccc(C(F)(F)F)c5)n4n3)CCCC1C2. The van der Waals surface area contributed by atoms with Gasteiger partial charge in [0.2, 0.25) is 0 Å². The van der Waals surface area contributed by atoms with Crippen LogP contribution in [0.2, 0.25) is 0 Å². The van der Waals surface area contributed by atoms with E-state index in [0.717, 1.165) is 50.7 Å². The quantitative estimate of drug-likeness (QED) is 0.637. The molecule has 0 amide bonds. The summed E-state index contributed by atoms with van der Waals surface area (Å²) in [7, 11) is 0. The molecule has 3 aromatic rings. The van der Waals surface area contributed by atoms with Crippen LogP contribution in [-0.4, -0.2) is 31.3 Å². The fourth-order valence-electron chi connectivity index (χ4n) is 5.06. The molecule has 0 spiro atoms. The Labute approximate surface area is 171 Å². The smallest absolute Gasteiger partial charge is 0.393 e. The van der Waals surface area contributed by atoms with Crippen LogP contribution in [0.3, 0.4) is 0 Å². The normalized spacial score (nSPS) is 26.7. The van der Waals surface area contributed by atoms with E-state index in [1.807, 2.05) is 12.1 Å². The second-order valence-corrected chi connectivity index (χ2v) is 8.58. The van der Waals surface area contributed by atoms with Crippen LogP contribution in [0.4, 0.5) is 19.0 Å². The number of aliphatic hydroxyl groups excluding tert-OH is 1. The summed E-state index contributed by atoms with van der Waals surface area (Å²) in [5.74, 6) is 0.989. The largest absolute Gasteiger partial charge is 0.416 e. The van der Waals surface area contributed by atoms with Crippen molar-refractivity contribution in [2.45, 2.75) is 56.3 Å². The predicted octanol–water partition coefficient (Wildman–Crippen LogP) is 4.91. The van der Waals surface area contributed by atoms with Crippen molar-refractivity contribution in [3.8, 4) is 11.3 Å². The number of benzene rings is 1. The highest BCUT2D eigenvalue weighted by atomic mass is 19.4. The average molecular weight is 416 g/mol. The first kappa shape index (κ1) is 19.4. The van der Waals surface area contributed by atoms with Gasteiger partial charge in [-0.05, 0) is 62.3 Å². The Balaban J connectivity index is 1.48. The van der Waals surface area contributed by atoms with Gasteiger partial charge in [0.05, 0.1) is 23.6 Å². The van der Waals surface area contributed by atoms with Crippen LogP contribution in [0.1, 0.15) is 44.1 Å². The summed E-state index contributed by atoms with van der Waals surface area (Å²) in [5, 5.41) is 18.5. The summed E-state index contributed by atoms with van der Waals surface area (Å²) in [6, 6.07) is 8.89. The van der Waals surface area contributed by atoms with Crippen LogP contribution in [0.25, 0.3) is 16.9 Å². The molecular formula is C22H23F3N4O. The third-order valence-corrected chi connectivity index (χ3v) is 6.59. The number of nitrogens with one attached hydrogen (secondary N) is 1. The molecular weight excluding hydrogens is 393 g/mol. The highest BCUT2D eigenvalue weighted by molar-refractivity contribution is 5.64. The van der Waals surface area contributed by atoms with Crippen molar-refractivity contribution in [2.75, 3.05) is 5.32 Å². The van der Waals surface area contributed by atoms with Crippen LogP contribution in [0, 0.1) is 5.92 Å². The molecule has 5 nitrogen and oxygen atoms in total. The lowest BCUT2D eigenvalue weighted by Gasteiger charge is -2.48. The average Bonchev–Trinajstić information content (AvgIpc) is 3.14. The number of aromatic nitrogens is 3. The van der Waals surface area contributed by atoms with Crippen molar-refractivity contribution in [3.63, 3.8) is 0 Å². The summed E-state index contributed by atoms with van der Waals surface area (Å²) < 4.78 is 41.0. The molecule has 2 saturated carbocycles. The molecule has 2 fully saturated rings. The Morgan fingerprint density at radius 1 is 1.13 bits per heavy atom. The van der Waals surface area contributed by atoms with E-state index in [2.05, 4.69) is 15.4 Å². The zero-order chi connectivity index (χ0) is 20.9. The summed E-state index contributed by atoms with van der Waals surface area (Å²) in [6.45, 7) is 0. The molecule has 0 radical (unpaired) electrons. The van der Waals surface area contributed by atoms with Gasteiger partial charge in [0, 0.05) is 11.1 Å². The van der Waals surface area contributed by atoms with Crippen molar-refractivity contribution in [3.05, 3.63) is 48.2 Å². The van der Waals surface area contributed by atoms with E-state index in [1.54, 1.807) is 16.8 Å². The maximum absolute atomic E-state index is 13.1. The minimum atomic E-state index is -4.40. The van der Waals surface area contributed by atoms with E-state index in [-0.39, 0.29) is 11.6 Å². The number of anilines is 1. The molecule has 2 aliphatic carbocycles. The summed E-state index contributed by atoms with van der Waals surface area (Å²) >= 11 is 0. The molecule has 30 heavy (non-hydrogen) atoms. The van der Waals surface area contributed by atoms with Gasteiger partial charge in [0.25, 0.3) is 0 Å². The number of imidazole rings is 1. The number of hydrogen-bond acceptors (Lipinski definition) is 4. The minimum absolute atomic E-state index is 0.0836. The molecule has 2 aliphatic rings. The van der Waals surface area contributed by atoms with E-state index in [4.69, 9.17) is 0 Å². The van der Waals surface area contributed by atoms with E-state index in [9.17, 15) is 18.3 Å². The highest BCUT2D eigenvalue weighted by Crippen LogP contribution is 2.44. The molecule has 3 atom stereocenters. The topological polar surface area (TPSA) is 62.5 Å². The Bertz CT molecular complexity index is 1080. The number of fused-ring (bicyclic) bond motifs is 3. The predicted molar refractivity (Wildman–Crippen MR) is 107 cm³/mol.